The zero-order chi connectivity index (χ0) is 13.1. The number of nitrogens with zero attached hydrogens (tertiary/aromatic N) is 1. The van der Waals surface area contributed by atoms with Crippen LogP contribution in [0.25, 0.3) is 0 Å². The van der Waals surface area contributed by atoms with E-state index < -0.39 is 10.0 Å². The molecule has 0 atom stereocenters. The summed E-state index contributed by atoms with van der Waals surface area (Å²) in [5.74, 6) is 0. The second-order valence-electron chi connectivity index (χ2n) is 4.03. The summed E-state index contributed by atoms with van der Waals surface area (Å²) in [4.78, 5) is 2.01. The molecule has 0 aliphatic carbocycles. The Labute approximate surface area is 102 Å². The van der Waals surface area contributed by atoms with Gasteiger partial charge in [-0.05, 0) is 32.3 Å². The van der Waals surface area contributed by atoms with Gasteiger partial charge in [0.1, 0.15) is 4.90 Å². The first-order chi connectivity index (χ1) is 7.80. The van der Waals surface area contributed by atoms with E-state index in [9.17, 15) is 8.42 Å². The van der Waals surface area contributed by atoms with E-state index in [-0.39, 0.29) is 4.90 Å². The van der Waals surface area contributed by atoms with Gasteiger partial charge in [0.15, 0.2) is 0 Å². The lowest BCUT2D eigenvalue weighted by molar-refractivity contribution is 0.425. The Bertz CT molecular complexity index is 485. The van der Waals surface area contributed by atoms with Gasteiger partial charge in [-0.2, -0.15) is 0 Å². The molecule has 0 aromatic heterocycles. The molecular formula is C10H18N4O2S. The molecule has 0 aliphatic heterocycles. The van der Waals surface area contributed by atoms with Gasteiger partial charge >= 0.3 is 0 Å². The molecule has 6 nitrogen and oxygen atoms in total. The molecule has 1 aromatic rings. The molecule has 0 saturated carbocycles. The maximum atomic E-state index is 11.4. The number of anilines is 2. The number of nitrogen functional groups attached to an aromatic ring is 1. The van der Waals surface area contributed by atoms with Crippen LogP contribution in [-0.4, -0.2) is 40.5 Å². The Balaban J connectivity index is 2.92. The van der Waals surface area contributed by atoms with Gasteiger partial charge in [-0.15, -0.1) is 0 Å². The predicted octanol–water partition coefficient (Wildman–Crippen LogP) is -0.110. The summed E-state index contributed by atoms with van der Waals surface area (Å²) in [5.41, 5.74) is 6.39. The zero-order valence-electron chi connectivity index (χ0n) is 9.97. The monoisotopic (exact) mass is 258 g/mol. The molecule has 1 rings (SSSR count). The SMILES string of the molecule is CN(C)CCNc1ccc(N)cc1S(N)(=O)=O. The summed E-state index contributed by atoms with van der Waals surface area (Å²) in [6, 6.07) is 4.60. The lowest BCUT2D eigenvalue weighted by atomic mass is 10.3. The fourth-order valence-electron chi connectivity index (χ4n) is 1.33. The van der Waals surface area contributed by atoms with Crippen LogP contribution in [0.1, 0.15) is 0 Å². The highest BCUT2D eigenvalue weighted by molar-refractivity contribution is 7.89. The van der Waals surface area contributed by atoms with E-state index in [1.54, 1.807) is 12.1 Å². The number of hydrogen-bond acceptors (Lipinski definition) is 5. The van der Waals surface area contributed by atoms with Crippen LogP contribution >= 0.6 is 0 Å². The molecule has 0 spiro atoms. The number of nitrogens with two attached hydrogens (primary N) is 2. The zero-order valence-corrected chi connectivity index (χ0v) is 10.8. The summed E-state index contributed by atoms with van der Waals surface area (Å²) < 4.78 is 22.7. The molecule has 5 N–H and O–H groups in total. The summed E-state index contributed by atoms with van der Waals surface area (Å²) in [6.07, 6.45) is 0. The molecule has 17 heavy (non-hydrogen) atoms. The fraction of sp³-hybridized carbons (Fsp3) is 0.400. The van der Waals surface area contributed by atoms with Crippen molar-refractivity contribution in [1.82, 2.24) is 4.90 Å². The third-order valence-corrected chi connectivity index (χ3v) is 3.14. The normalized spacial score (nSPS) is 11.8. The molecule has 0 radical (unpaired) electrons. The molecule has 0 aliphatic rings. The van der Waals surface area contributed by atoms with Crippen LogP contribution in [0.4, 0.5) is 11.4 Å². The van der Waals surface area contributed by atoms with Gasteiger partial charge in [0, 0.05) is 18.8 Å². The fourth-order valence-corrected chi connectivity index (χ4v) is 2.08. The number of benzene rings is 1. The van der Waals surface area contributed by atoms with Crippen LogP contribution < -0.4 is 16.2 Å². The number of rotatable bonds is 5. The quantitative estimate of drug-likeness (QED) is 0.640. The average Bonchev–Trinajstić information content (AvgIpc) is 2.18. The predicted molar refractivity (Wildman–Crippen MR) is 69.3 cm³/mol. The Morgan fingerprint density at radius 3 is 2.53 bits per heavy atom. The first-order valence-electron chi connectivity index (χ1n) is 5.11. The van der Waals surface area contributed by atoms with Gasteiger partial charge in [0.2, 0.25) is 10.0 Å². The van der Waals surface area contributed by atoms with Crippen molar-refractivity contribution in [3.63, 3.8) is 0 Å². The standard InChI is InChI=1S/C10H18N4O2S/c1-14(2)6-5-13-9-4-3-8(11)7-10(9)17(12,15)16/h3-4,7,13H,5-6,11H2,1-2H3,(H2,12,15,16). The number of sulfonamides is 1. The Morgan fingerprint density at radius 2 is 2.00 bits per heavy atom. The molecule has 1 aromatic carbocycles. The van der Waals surface area contributed by atoms with Crippen molar-refractivity contribution < 1.29 is 8.42 Å². The molecule has 0 amide bonds. The minimum atomic E-state index is -3.76. The van der Waals surface area contributed by atoms with E-state index in [1.165, 1.54) is 6.07 Å². The Hall–Kier alpha value is -1.31. The molecule has 0 bridgehead atoms. The third-order valence-electron chi connectivity index (χ3n) is 2.19. The van der Waals surface area contributed by atoms with E-state index in [4.69, 9.17) is 10.9 Å². The minimum absolute atomic E-state index is 0.0243. The van der Waals surface area contributed by atoms with Crippen molar-refractivity contribution in [2.24, 2.45) is 5.14 Å². The van der Waals surface area contributed by atoms with Gasteiger partial charge in [-0.25, -0.2) is 13.6 Å². The van der Waals surface area contributed by atoms with Crippen molar-refractivity contribution in [1.29, 1.82) is 0 Å². The van der Waals surface area contributed by atoms with Crippen molar-refractivity contribution in [2.45, 2.75) is 4.90 Å². The summed E-state index contributed by atoms with van der Waals surface area (Å²) in [5, 5.41) is 8.15. The molecule has 7 heteroatoms. The highest BCUT2D eigenvalue weighted by atomic mass is 32.2. The molecule has 0 fully saturated rings. The number of likely N-dealkylation sites (N-methyl/N-ethyl adjacent to an activating group) is 1. The second-order valence-corrected chi connectivity index (χ2v) is 5.56. The number of hydrogen-bond donors (Lipinski definition) is 3. The first kappa shape index (κ1) is 13.8. The Kier molecular flexibility index (Phi) is 4.33. The van der Waals surface area contributed by atoms with Gasteiger partial charge in [0.05, 0.1) is 5.69 Å². The van der Waals surface area contributed by atoms with Crippen LogP contribution in [-0.2, 0) is 10.0 Å². The molecular weight excluding hydrogens is 240 g/mol. The van der Waals surface area contributed by atoms with Crippen molar-refractivity contribution in [3.05, 3.63) is 18.2 Å². The smallest absolute Gasteiger partial charge is 0.240 e. The first-order valence-corrected chi connectivity index (χ1v) is 6.66. The maximum absolute atomic E-state index is 11.4. The van der Waals surface area contributed by atoms with Crippen LogP contribution in [0.15, 0.2) is 23.1 Å². The number of primary sulfonamides is 1. The summed E-state index contributed by atoms with van der Waals surface area (Å²) in [6.45, 7) is 1.41. The minimum Gasteiger partial charge on any atom is -0.399 e. The third kappa shape index (κ3) is 4.22. The highest BCUT2D eigenvalue weighted by Gasteiger charge is 2.13. The van der Waals surface area contributed by atoms with Gasteiger partial charge in [0.25, 0.3) is 0 Å². The summed E-state index contributed by atoms with van der Waals surface area (Å²) >= 11 is 0. The van der Waals surface area contributed by atoms with Crippen molar-refractivity contribution >= 4 is 21.4 Å². The van der Waals surface area contributed by atoms with Gasteiger partial charge < -0.3 is 16.0 Å². The second kappa shape index (κ2) is 5.35. The van der Waals surface area contributed by atoms with Crippen molar-refractivity contribution in [3.8, 4) is 0 Å². The van der Waals surface area contributed by atoms with Crippen LogP contribution in [0.3, 0.4) is 0 Å². The van der Waals surface area contributed by atoms with Crippen LogP contribution in [0.2, 0.25) is 0 Å². The average molecular weight is 258 g/mol. The Morgan fingerprint density at radius 1 is 1.35 bits per heavy atom. The van der Waals surface area contributed by atoms with E-state index in [2.05, 4.69) is 5.32 Å². The maximum Gasteiger partial charge on any atom is 0.240 e. The van der Waals surface area contributed by atoms with E-state index in [0.29, 0.717) is 17.9 Å². The van der Waals surface area contributed by atoms with Crippen LogP contribution in [0, 0.1) is 0 Å². The summed E-state index contributed by atoms with van der Waals surface area (Å²) in [7, 11) is 0.109. The van der Waals surface area contributed by atoms with E-state index in [1.807, 2.05) is 19.0 Å². The van der Waals surface area contributed by atoms with E-state index >= 15 is 0 Å². The topological polar surface area (TPSA) is 101 Å². The molecule has 0 unspecified atom stereocenters. The van der Waals surface area contributed by atoms with Gasteiger partial charge in [-0.3, -0.25) is 0 Å². The lowest BCUT2D eigenvalue weighted by Crippen LogP contribution is -2.22. The largest absolute Gasteiger partial charge is 0.399 e. The molecule has 0 saturated heterocycles. The highest BCUT2D eigenvalue weighted by Crippen LogP contribution is 2.22. The number of nitrogens with one attached hydrogen (secondary N) is 1. The van der Waals surface area contributed by atoms with E-state index in [0.717, 1.165) is 6.54 Å². The molecule has 96 valence electrons. The molecule has 0 heterocycles. The lowest BCUT2D eigenvalue weighted by Gasteiger charge is -2.14. The van der Waals surface area contributed by atoms with Crippen LogP contribution in [0.5, 0.6) is 0 Å². The van der Waals surface area contributed by atoms with Crippen molar-refractivity contribution in [2.75, 3.05) is 38.2 Å². The van der Waals surface area contributed by atoms with Gasteiger partial charge in [-0.1, -0.05) is 0 Å².